The number of thioether (sulfide) groups is 1. The Morgan fingerprint density at radius 3 is 2.65 bits per heavy atom. The molecule has 0 heterocycles. The Morgan fingerprint density at radius 1 is 1.26 bits per heavy atom. The molecule has 23 heavy (non-hydrogen) atoms. The number of carbonyl (C=O) groups excluding carboxylic acids is 1. The molecule has 0 N–H and O–H groups in total. The summed E-state index contributed by atoms with van der Waals surface area (Å²) in [7, 11) is 3.15. The second-order valence-electron chi connectivity index (χ2n) is 5.27. The van der Waals surface area contributed by atoms with Gasteiger partial charge in [-0.2, -0.15) is 0 Å². The maximum atomic E-state index is 13.7. The van der Waals surface area contributed by atoms with Gasteiger partial charge < -0.3 is 9.64 Å². The summed E-state index contributed by atoms with van der Waals surface area (Å²) in [6.45, 7) is 2.39. The highest BCUT2D eigenvalue weighted by atomic mass is 32.2. The molecule has 0 aromatic heterocycles. The van der Waals surface area contributed by atoms with Crippen LogP contribution in [-0.4, -0.2) is 30.7 Å². The number of hydrogen-bond acceptors (Lipinski definition) is 3. The van der Waals surface area contributed by atoms with Crippen LogP contribution in [0.2, 0.25) is 0 Å². The SMILES string of the molecule is COc1ccc(CN(C)C(=O)CSc2ccccc2C)cc1F. The van der Waals surface area contributed by atoms with E-state index in [-0.39, 0.29) is 11.7 Å². The number of aryl methyl sites for hydroxylation is 1. The highest BCUT2D eigenvalue weighted by Gasteiger charge is 2.12. The van der Waals surface area contributed by atoms with Gasteiger partial charge in [0, 0.05) is 18.5 Å². The van der Waals surface area contributed by atoms with Crippen molar-refractivity contribution in [3.8, 4) is 5.75 Å². The summed E-state index contributed by atoms with van der Waals surface area (Å²) >= 11 is 1.52. The Morgan fingerprint density at radius 2 is 2.00 bits per heavy atom. The van der Waals surface area contributed by atoms with Crippen molar-refractivity contribution < 1.29 is 13.9 Å². The molecule has 0 fully saturated rings. The Bertz CT molecular complexity index is 690. The first-order valence-corrected chi connectivity index (χ1v) is 8.24. The molecule has 5 heteroatoms. The van der Waals surface area contributed by atoms with Gasteiger partial charge in [0.1, 0.15) is 0 Å². The van der Waals surface area contributed by atoms with Gasteiger partial charge in [-0.1, -0.05) is 24.3 Å². The monoisotopic (exact) mass is 333 g/mol. The minimum atomic E-state index is -0.417. The average Bonchev–Trinajstić information content (AvgIpc) is 2.54. The molecule has 0 radical (unpaired) electrons. The van der Waals surface area contributed by atoms with E-state index in [0.29, 0.717) is 12.3 Å². The number of hydrogen-bond donors (Lipinski definition) is 0. The summed E-state index contributed by atoms with van der Waals surface area (Å²) in [5.74, 6) is 0.160. The largest absolute Gasteiger partial charge is 0.494 e. The molecule has 0 bridgehead atoms. The van der Waals surface area contributed by atoms with E-state index in [4.69, 9.17) is 4.74 Å². The Balaban J connectivity index is 1.92. The topological polar surface area (TPSA) is 29.5 Å². The summed E-state index contributed by atoms with van der Waals surface area (Å²) in [5, 5.41) is 0. The molecule has 0 unspecified atom stereocenters. The van der Waals surface area contributed by atoms with Gasteiger partial charge in [0.2, 0.25) is 5.91 Å². The third kappa shape index (κ3) is 4.73. The Labute approximate surface area is 140 Å². The average molecular weight is 333 g/mol. The molecule has 1 amide bonds. The fourth-order valence-corrected chi connectivity index (χ4v) is 3.11. The van der Waals surface area contributed by atoms with E-state index in [2.05, 4.69) is 0 Å². The van der Waals surface area contributed by atoms with Crippen LogP contribution in [0, 0.1) is 12.7 Å². The number of halogens is 1. The Hall–Kier alpha value is -2.01. The smallest absolute Gasteiger partial charge is 0.232 e. The fourth-order valence-electron chi connectivity index (χ4n) is 2.14. The van der Waals surface area contributed by atoms with Crippen molar-refractivity contribution in [1.29, 1.82) is 0 Å². The van der Waals surface area contributed by atoms with Crippen molar-refractivity contribution in [3.05, 3.63) is 59.4 Å². The van der Waals surface area contributed by atoms with Gasteiger partial charge in [-0.25, -0.2) is 4.39 Å². The van der Waals surface area contributed by atoms with Crippen LogP contribution in [0.15, 0.2) is 47.4 Å². The van der Waals surface area contributed by atoms with Crippen LogP contribution < -0.4 is 4.74 Å². The van der Waals surface area contributed by atoms with Crippen LogP contribution in [0.1, 0.15) is 11.1 Å². The lowest BCUT2D eigenvalue weighted by Crippen LogP contribution is -2.27. The minimum absolute atomic E-state index is 0.00878. The van der Waals surface area contributed by atoms with Gasteiger partial charge in [-0.05, 0) is 36.2 Å². The van der Waals surface area contributed by atoms with E-state index in [9.17, 15) is 9.18 Å². The highest BCUT2D eigenvalue weighted by Crippen LogP contribution is 2.22. The third-order valence-electron chi connectivity index (χ3n) is 3.51. The molecule has 0 spiro atoms. The molecule has 0 atom stereocenters. The molecule has 0 aliphatic rings. The fraction of sp³-hybridized carbons (Fsp3) is 0.278. The second kappa shape index (κ2) is 8.02. The van der Waals surface area contributed by atoms with Crippen LogP contribution in [0.5, 0.6) is 5.75 Å². The lowest BCUT2D eigenvalue weighted by Gasteiger charge is -2.17. The van der Waals surface area contributed by atoms with E-state index < -0.39 is 5.82 Å². The predicted molar refractivity (Wildman–Crippen MR) is 91.3 cm³/mol. The molecule has 0 saturated carbocycles. The molecular formula is C18H20FNO2S. The van der Waals surface area contributed by atoms with Crippen molar-refractivity contribution >= 4 is 17.7 Å². The van der Waals surface area contributed by atoms with Gasteiger partial charge in [0.15, 0.2) is 11.6 Å². The quantitative estimate of drug-likeness (QED) is 0.751. The van der Waals surface area contributed by atoms with Gasteiger partial charge >= 0.3 is 0 Å². The van der Waals surface area contributed by atoms with Crippen molar-refractivity contribution in [2.75, 3.05) is 19.9 Å². The van der Waals surface area contributed by atoms with Crippen LogP contribution in [0.3, 0.4) is 0 Å². The van der Waals surface area contributed by atoms with E-state index in [1.807, 2.05) is 31.2 Å². The minimum Gasteiger partial charge on any atom is -0.494 e. The van der Waals surface area contributed by atoms with Crippen LogP contribution >= 0.6 is 11.8 Å². The molecule has 2 rings (SSSR count). The molecular weight excluding hydrogens is 313 g/mol. The standard InChI is InChI=1S/C18H20FNO2S/c1-13-6-4-5-7-17(13)23-12-18(21)20(2)11-14-8-9-16(22-3)15(19)10-14/h4-10H,11-12H2,1-3H3. The van der Waals surface area contributed by atoms with Crippen molar-refractivity contribution in [2.24, 2.45) is 0 Å². The summed E-state index contributed by atoms with van der Waals surface area (Å²) in [6, 6.07) is 12.7. The normalized spacial score (nSPS) is 10.4. The summed E-state index contributed by atoms with van der Waals surface area (Å²) in [6.07, 6.45) is 0. The number of amides is 1. The third-order valence-corrected chi connectivity index (χ3v) is 4.67. The maximum absolute atomic E-state index is 13.7. The van der Waals surface area contributed by atoms with Crippen molar-refractivity contribution in [2.45, 2.75) is 18.4 Å². The van der Waals surface area contributed by atoms with E-state index in [1.54, 1.807) is 24.1 Å². The van der Waals surface area contributed by atoms with Gasteiger partial charge in [-0.15, -0.1) is 11.8 Å². The highest BCUT2D eigenvalue weighted by molar-refractivity contribution is 8.00. The number of benzene rings is 2. The van der Waals surface area contributed by atoms with E-state index >= 15 is 0 Å². The second-order valence-corrected chi connectivity index (χ2v) is 6.29. The van der Waals surface area contributed by atoms with Gasteiger partial charge in [0.05, 0.1) is 12.9 Å². The number of rotatable bonds is 6. The number of methoxy groups -OCH3 is 1. The molecule has 0 saturated heterocycles. The van der Waals surface area contributed by atoms with Crippen LogP contribution in [-0.2, 0) is 11.3 Å². The van der Waals surface area contributed by atoms with E-state index in [0.717, 1.165) is 16.0 Å². The number of ether oxygens (including phenoxy) is 1. The van der Waals surface area contributed by atoms with Crippen molar-refractivity contribution in [3.63, 3.8) is 0 Å². The lowest BCUT2D eigenvalue weighted by atomic mass is 10.2. The van der Waals surface area contributed by atoms with Gasteiger partial charge in [-0.3, -0.25) is 4.79 Å². The van der Waals surface area contributed by atoms with Crippen LogP contribution in [0.25, 0.3) is 0 Å². The zero-order valence-electron chi connectivity index (χ0n) is 13.5. The first kappa shape index (κ1) is 17.3. The zero-order chi connectivity index (χ0) is 16.8. The molecule has 0 aliphatic carbocycles. The van der Waals surface area contributed by atoms with Crippen molar-refractivity contribution in [1.82, 2.24) is 4.90 Å². The summed E-state index contributed by atoms with van der Waals surface area (Å²) < 4.78 is 18.6. The van der Waals surface area contributed by atoms with E-state index in [1.165, 1.54) is 24.9 Å². The summed E-state index contributed by atoms with van der Waals surface area (Å²) in [5.41, 5.74) is 1.89. The summed E-state index contributed by atoms with van der Waals surface area (Å²) in [4.78, 5) is 14.9. The molecule has 122 valence electrons. The van der Waals surface area contributed by atoms with Crippen LogP contribution in [0.4, 0.5) is 4.39 Å². The Kier molecular flexibility index (Phi) is 6.04. The predicted octanol–water partition coefficient (Wildman–Crippen LogP) is 3.89. The number of nitrogens with zero attached hydrogens (tertiary/aromatic N) is 1. The molecule has 2 aromatic carbocycles. The molecule has 3 nitrogen and oxygen atoms in total. The number of carbonyl (C=O) groups is 1. The lowest BCUT2D eigenvalue weighted by molar-refractivity contribution is -0.127. The zero-order valence-corrected chi connectivity index (χ0v) is 14.3. The molecule has 2 aromatic rings. The first-order chi connectivity index (χ1) is 11.0. The molecule has 0 aliphatic heterocycles. The first-order valence-electron chi connectivity index (χ1n) is 7.26. The van der Waals surface area contributed by atoms with Gasteiger partial charge in [0.25, 0.3) is 0 Å². The maximum Gasteiger partial charge on any atom is 0.232 e.